The Balaban J connectivity index is 2.68. The van der Waals surface area contributed by atoms with Crippen LogP contribution in [0, 0.1) is 5.41 Å². The molecule has 1 unspecified atom stereocenters. The summed E-state index contributed by atoms with van der Waals surface area (Å²) in [6, 6.07) is 6.25. The van der Waals surface area contributed by atoms with Crippen molar-refractivity contribution in [2.24, 2.45) is 5.41 Å². The second-order valence-electron chi connectivity index (χ2n) is 5.41. The van der Waals surface area contributed by atoms with Gasteiger partial charge in [0.2, 0.25) is 0 Å². The highest BCUT2D eigenvalue weighted by Crippen LogP contribution is 2.23. The predicted octanol–water partition coefficient (Wildman–Crippen LogP) is 3.60. The molecule has 0 aromatic carbocycles. The maximum Gasteiger partial charge on any atom is 0.129 e. The lowest BCUT2D eigenvalue weighted by molar-refractivity contribution is 0.133. The largest absolute Gasteiger partial charge is 0.297 e. The molecule has 0 N–H and O–H groups in total. The summed E-state index contributed by atoms with van der Waals surface area (Å²) in [6.07, 6.45) is 0. The van der Waals surface area contributed by atoms with E-state index in [0.29, 0.717) is 11.2 Å². The summed E-state index contributed by atoms with van der Waals surface area (Å²) < 4.78 is 0. The zero-order valence-electron chi connectivity index (χ0n) is 10.8. The Morgan fingerprint density at radius 3 is 2.50 bits per heavy atom. The van der Waals surface area contributed by atoms with Crippen LogP contribution in [0.5, 0.6) is 0 Å². The molecule has 3 heteroatoms. The van der Waals surface area contributed by atoms with Gasteiger partial charge in [-0.15, -0.1) is 0 Å². The first-order valence-electron chi connectivity index (χ1n) is 5.62. The highest BCUT2D eigenvalue weighted by atomic mass is 35.5. The summed E-state index contributed by atoms with van der Waals surface area (Å²) in [5.41, 5.74) is 1.29. The third kappa shape index (κ3) is 3.76. The maximum absolute atomic E-state index is 5.87. The van der Waals surface area contributed by atoms with Gasteiger partial charge >= 0.3 is 0 Å². The molecule has 1 heterocycles. The Kier molecular flexibility index (Phi) is 4.34. The van der Waals surface area contributed by atoms with Gasteiger partial charge in [0.05, 0.1) is 5.69 Å². The molecule has 0 radical (unpaired) electrons. The van der Waals surface area contributed by atoms with Crippen LogP contribution >= 0.6 is 11.6 Å². The van der Waals surface area contributed by atoms with Gasteiger partial charge in [-0.2, -0.15) is 0 Å². The molecule has 0 saturated carbocycles. The highest BCUT2D eigenvalue weighted by molar-refractivity contribution is 6.29. The molecule has 0 bridgehead atoms. The van der Waals surface area contributed by atoms with Crippen LogP contribution in [0.25, 0.3) is 0 Å². The Labute approximate surface area is 104 Å². The van der Waals surface area contributed by atoms with E-state index in [4.69, 9.17) is 11.6 Å². The Morgan fingerprint density at radius 1 is 1.38 bits per heavy atom. The molecule has 1 atom stereocenters. The molecular formula is C13H21ClN2. The van der Waals surface area contributed by atoms with Crippen LogP contribution in [-0.2, 0) is 6.54 Å². The van der Waals surface area contributed by atoms with Crippen LogP contribution < -0.4 is 0 Å². The average Bonchev–Trinajstić information content (AvgIpc) is 2.15. The van der Waals surface area contributed by atoms with Gasteiger partial charge in [-0.3, -0.25) is 4.90 Å². The van der Waals surface area contributed by atoms with Crippen molar-refractivity contribution >= 4 is 11.6 Å². The van der Waals surface area contributed by atoms with Crippen molar-refractivity contribution in [1.82, 2.24) is 9.88 Å². The van der Waals surface area contributed by atoms with Gasteiger partial charge in [-0.1, -0.05) is 38.4 Å². The number of nitrogens with zero attached hydrogens (tertiary/aromatic N) is 2. The van der Waals surface area contributed by atoms with Crippen molar-refractivity contribution in [2.45, 2.75) is 40.3 Å². The molecule has 1 rings (SSSR count). The van der Waals surface area contributed by atoms with Crippen LogP contribution in [0.4, 0.5) is 0 Å². The minimum Gasteiger partial charge on any atom is -0.297 e. The molecule has 2 nitrogen and oxygen atoms in total. The Morgan fingerprint density at radius 2 is 2.00 bits per heavy atom. The van der Waals surface area contributed by atoms with E-state index in [2.05, 4.69) is 44.6 Å². The van der Waals surface area contributed by atoms with E-state index in [9.17, 15) is 0 Å². The van der Waals surface area contributed by atoms with Gasteiger partial charge in [0, 0.05) is 12.6 Å². The number of halogens is 1. The summed E-state index contributed by atoms with van der Waals surface area (Å²) in [7, 11) is 2.12. The molecule has 0 fully saturated rings. The third-order valence-electron chi connectivity index (χ3n) is 3.10. The zero-order chi connectivity index (χ0) is 12.3. The van der Waals surface area contributed by atoms with Crippen molar-refractivity contribution < 1.29 is 0 Å². The van der Waals surface area contributed by atoms with Crippen LogP contribution in [0.3, 0.4) is 0 Å². The summed E-state index contributed by atoms with van der Waals surface area (Å²) in [5, 5.41) is 0.564. The highest BCUT2D eigenvalue weighted by Gasteiger charge is 2.23. The fourth-order valence-electron chi connectivity index (χ4n) is 1.59. The molecule has 0 aliphatic heterocycles. The molecule has 0 spiro atoms. The summed E-state index contributed by atoms with van der Waals surface area (Å²) in [6.45, 7) is 9.82. The quantitative estimate of drug-likeness (QED) is 0.751. The van der Waals surface area contributed by atoms with E-state index >= 15 is 0 Å². The van der Waals surface area contributed by atoms with Gasteiger partial charge in [0.1, 0.15) is 5.15 Å². The molecule has 1 aromatic heterocycles. The number of rotatable bonds is 3. The smallest absolute Gasteiger partial charge is 0.129 e. The first-order valence-corrected chi connectivity index (χ1v) is 6.00. The lowest BCUT2D eigenvalue weighted by Crippen LogP contribution is -2.38. The van der Waals surface area contributed by atoms with Gasteiger partial charge in [-0.05, 0) is 31.5 Å². The van der Waals surface area contributed by atoms with Gasteiger partial charge in [-0.25, -0.2) is 4.98 Å². The fraction of sp³-hybridized carbons (Fsp3) is 0.615. The van der Waals surface area contributed by atoms with Crippen molar-refractivity contribution in [3.63, 3.8) is 0 Å². The van der Waals surface area contributed by atoms with Gasteiger partial charge in [0.15, 0.2) is 0 Å². The van der Waals surface area contributed by atoms with Crippen molar-refractivity contribution in [2.75, 3.05) is 7.05 Å². The first-order chi connectivity index (χ1) is 7.30. The fourth-order valence-corrected chi connectivity index (χ4v) is 1.77. The van der Waals surface area contributed by atoms with Crippen LogP contribution in [0.2, 0.25) is 5.15 Å². The molecule has 0 saturated heterocycles. The zero-order valence-corrected chi connectivity index (χ0v) is 11.5. The topological polar surface area (TPSA) is 16.1 Å². The first kappa shape index (κ1) is 13.5. The van der Waals surface area contributed by atoms with E-state index in [1.54, 1.807) is 6.07 Å². The minimum atomic E-state index is 0.271. The number of pyridine rings is 1. The van der Waals surface area contributed by atoms with Crippen molar-refractivity contribution in [1.29, 1.82) is 0 Å². The molecule has 16 heavy (non-hydrogen) atoms. The van der Waals surface area contributed by atoms with Crippen LogP contribution in [0.15, 0.2) is 18.2 Å². The maximum atomic E-state index is 5.87. The average molecular weight is 241 g/mol. The van der Waals surface area contributed by atoms with E-state index in [1.807, 2.05) is 12.1 Å². The van der Waals surface area contributed by atoms with Gasteiger partial charge in [0.25, 0.3) is 0 Å². The standard InChI is InChI=1S/C13H21ClN2/c1-10(13(2,3)4)16(5)9-11-7-6-8-12(14)15-11/h6-8,10H,9H2,1-5H3. The minimum absolute atomic E-state index is 0.271. The monoisotopic (exact) mass is 240 g/mol. The molecular weight excluding hydrogens is 220 g/mol. The Bertz CT molecular complexity index is 344. The number of hydrogen-bond donors (Lipinski definition) is 0. The number of hydrogen-bond acceptors (Lipinski definition) is 2. The SMILES string of the molecule is CC(N(C)Cc1cccc(Cl)n1)C(C)(C)C. The predicted molar refractivity (Wildman–Crippen MR) is 69.6 cm³/mol. The summed E-state index contributed by atoms with van der Waals surface area (Å²) in [5.74, 6) is 0. The summed E-state index contributed by atoms with van der Waals surface area (Å²) in [4.78, 5) is 6.61. The lowest BCUT2D eigenvalue weighted by Gasteiger charge is -2.35. The van der Waals surface area contributed by atoms with Gasteiger partial charge < -0.3 is 0 Å². The molecule has 90 valence electrons. The van der Waals surface area contributed by atoms with Crippen molar-refractivity contribution in [3.05, 3.63) is 29.0 Å². The third-order valence-corrected chi connectivity index (χ3v) is 3.31. The van der Waals surface area contributed by atoms with E-state index in [-0.39, 0.29) is 5.41 Å². The normalized spacial score (nSPS) is 14.2. The summed E-state index contributed by atoms with van der Waals surface area (Å²) >= 11 is 5.87. The molecule has 1 aromatic rings. The second-order valence-corrected chi connectivity index (χ2v) is 5.80. The van der Waals surface area contributed by atoms with E-state index < -0.39 is 0 Å². The number of aromatic nitrogens is 1. The van der Waals surface area contributed by atoms with Crippen LogP contribution in [0.1, 0.15) is 33.4 Å². The van der Waals surface area contributed by atoms with Crippen molar-refractivity contribution in [3.8, 4) is 0 Å². The lowest BCUT2D eigenvalue weighted by atomic mass is 9.87. The molecule has 0 aliphatic rings. The Hall–Kier alpha value is -0.600. The van der Waals surface area contributed by atoms with E-state index in [0.717, 1.165) is 12.2 Å². The molecule has 0 amide bonds. The van der Waals surface area contributed by atoms with Crippen LogP contribution in [-0.4, -0.2) is 23.0 Å². The molecule has 0 aliphatic carbocycles. The van der Waals surface area contributed by atoms with E-state index in [1.165, 1.54) is 0 Å². The second kappa shape index (κ2) is 5.15.